The molecule has 0 aliphatic carbocycles. The standard InChI is InChI=1S/C14H20BrN3O/c1-10-3-4-12(15)13(9-10)17-14(19)11(2)18-7-5-16-6-8-18/h3-4,9,11,16H,5-8H2,1-2H3,(H,17,19). The summed E-state index contributed by atoms with van der Waals surface area (Å²) in [7, 11) is 0. The largest absolute Gasteiger partial charge is 0.324 e. The second-order valence-corrected chi connectivity index (χ2v) is 5.79. The molecule has 104 valence electrons. The summed E-state index contributed by atoms with van der Waals surface area (Å²) in [6.45, 7) is 7.72. The third-order valence-corrected chi connectivity index (χ3v) is 4.15. The van der Waals surface area contributed by atoms with E-state index in [9.17, 15) is 4.79 Å². The Morgan fingerprint density at radius 3 is 2.79 bits per heavy atom. The summed E-state index contributed by atoms with van der Waals surface area (Å²) in [6, 6.07) is 5.85. The Hall–Kier alpha value is -0.910. The van der Waals surface area contributed by atoms with Gasteiger partial charge in [0.05, 0.1) is 11.7 Å². The van der Waals surface area contributed by atoms with Crippen LogP contribution in [0.3, 0.4) is 0 Å². The number of piperazine rings is 1. The third-order valence-electron chi connectivity index (χ3n) is 3.46. The lowest BCUT2D eigenvalue weighted by molar-refractivity contribution is -0.120. The van der Waals surface area contributed by atoms with E-state index < -0.39 is 0 Å². The quantitative estimate of drug-likeness (QED) is 0.893. The predicted octanol–water partition coefficient (Wildman–Crippen LogP) is 1.99. The van der Waals surface area contributed by atoms with Gasteiger partial charge in [-0.15, -0.1) is 0 Å². The van der Waals surface area contributed by atoms with Gasteiger partial charge in [-0.1, -0.05) is 6.07 Å². The van der Waals surface area contributed by atoms with Crippen LogP contribution in [0.4, 0.5) is 5.69 Å². The first kappa shape index (κ1) is 14.5. The molecule has 19 heavy (non-hydrogen) atoms. The first-order chi connectivity index (χ1) is 9.08. The fourth-order valence-corrected chi connectivity index (χ4v) is 2.55. The summed E-state index contributed by atoms with van der Waals surface area (Å²) in [4.78, 5) is 14.5. The van der Waals surface area contributed by atoms with E-state index >= 15 is 0 Å². The van der Waals surface area contributed by atoms with E-state index in [1.807, 2.05) is 32.0 Å². The molecule has 1 heterocycles. The predicted molar refractivity (Wildman–Crippen MR) is 81.4 cm³/mol. The molecule has 1 saturated heterocycles. The van der Waals surface area contributed by atoms with E-state index in [2.05, 4.69) is 31.5 Å². The van der Waals surface area contributed by atoms with Gasteiger partial charge in [-0.25, -0.2) is 0 Å². The van der Waals surface area contributed by atoms with Crippen LogP contribution in [-0.2, 0) is 4.79 Å². The Morgan fingerprint density at radius 2 is 2.11 bits per heavy atom. The Labute approximate surface area is 122 Å². The number of benzene rings is 1. The molecule has 0 radical (unpaired) electrons. The minimum Gasteiger partial charge on any atom is -0.324 e. The summed E-state index contributed by atoms with van der Waals surface area (Å²) < 4.78 is 0.916. The van der Waals surface area contributed by atoms with E-state index in [1.54, 1.807) is 0 Å². The van der Waals surface area contributed by atoms with E-state index in [0.29, 0.717) is 0 Å². The van der Waals surface area contributed by atoms with Crippen LogP contribution in [0.5, 0.6) is 0 Å². The second kappa shape index (κ2) is 6.50. The van der Waals surface area contributed by atoms with E-state index in [4.69, 9.17) is 0 Å². The van der Waals surface area contributed by atoms with Gasteiger partial charge >= 0.3 is 0 Å². The van der Waals surface area contributed by atoms with Crippen molar-refractivity contribution in [2.24, 2.45) is 0 Å². The van der Waals surface area contributed by atoms with Crippen molar-refractivity contribution in [1.29, 1.82) is 0 Å². The topological polar surface area (TPSA) is 44.4 Å². The van der Waals surface area contributed by atoms with Crippen molar-refractivity contribution < 1.29 is 4.79 Å². The SMILES string of the molecule is Cc1ccc(Br)c(NC(=O)C(C)N2CCNCC2)c1. The molecule has 0 saturated carbocycles. The summed E-state index contributed by atoms with van der Waals surface area (Å²) in [5.74, 6) is 0.0493. The fourth-order valence-electron chi connectivity index (χ4n) is 2.21. The monoisotopic (exact) mass is 325 g/mol. The maximum absolute atomic E-state index is 12.3. The van der Waals surface area contributed by atoms with Crippen molar-refractivity contribution >= 4 is 27.5 Å². The normalized spacial score (nSPS) is 18.1. The number of aryl methyl sites for hydroxylation is 1. The zero-order valence-corrected chi connectivity index (χ0v) is 13.0. The number of halogens is 1. The van der Waals surface area contributed by atoms with Crippen molar-refractivity contribution in [3.63, 3.8) is 0 Å². The molecule has 2 N–H and O–H groups in total. The molecule has 1 amide bonds. The average molecular weight is 326 g/mol. The zero-order valence-electron chi connectivity index (χ0n) is 11.4. The number of hydrogen-bond donors (Lipinski definition) is 2. The summed E-state index contributed by atoms with van der Waals surface area (Å²) in [5.41, 5.74) is 1.97. The molecule has 2 rings (SSSR count). The molecule has 1 aliphatic rings. The Morgan fingerprint density at radius 1 is 1.42 bits per heavy atom. The van der Waals surface area contributed by atoms with Crippen LogP contribution in [0.25, 0.3) is 0 Å². The van der Waals surface area contributed by atoms with E-state index in [1.165, 1.54) is 0 Å². The van der Waals surface area contributed by atoms with Crippen molar-refractivity contribution in [1.82, 2.24) is 10.2 Å². The number of amides is 1. The van der Waals surface area contributed by atoms with Crippen molar-refractivity contribution in [2.75, 3.05) is 31.5 Å². The minimum atomic E-state index is -0.102. The Bertz CT molecular complexity index is 458. The van der Waals surface area contributed by atoms with Crippen molar-refractivity contribution in [3.05, 3.63) is 28.2 Å². The van der Waals surface area contributed by atoms with Gasteiger partial charge in [0.1, 0.15) is 0 Å². The van der Waals surface area contributed by atoms with Gasteiger partial charge in [0.25, 0.3) is 0 Å². The molecule has 1 fully saturated rings. The van der Waals surface area contributed by atoms with E-state index in [0.717, 1.165) is 41.9 Å². The van der Waals surface area contributed by atoms with Gasteiger partial charge in [-0.05, 0) is 47.5 Å². The molecule has 5 heteroatoms. The minimum absolute atomic E-state index is 0.0493. The van der Waals surface area contributed by atoms with Gasteiger partial charge in [0.2, 0.25) is 5.91 Å². The molecular formula is C14H20BrN3O. The van der Waals surface area contributed by atoms with Crippen LogP contribution in [0.1, 0.15) is 12.5 Å². The summed E-state index contributed by atoms with van der Waals surface area (Å²) in [5, 5.41) is 6.29. The second-order valence-electron chi connectivity index (χ2n) is 4.93. The number of carbonyl (C=O) groups excluding carboxylic acids is 1. The highest BCUT2D eigenvalue weighted by Gasteiger charge is 2.23. The number of nitrogens with one attached hydrogen (secondary N) is 2. The molecule has 1 aromatic rings. The van der Waals surface area contributed by atoms with Gasteiger partial charge in [-0.3, -0.25) is 9.69 Å². The van der Waals surface area contributed by atoms with Gasteiger partial charge in [0.15, 0.2) is 0 Å². The zero-order chi connectivity index (χ0) is 13.8. The lowest BCUT2D eigenvalue weighted by Crippen LogP contribution is -2.51. The molecule has 1 aromatic carbocycles. The van der Waals surface area contributed by atoms with Gasteiger partial charge in [-0.2, -0.15) is 0 Å². The smallest absolute Gasteiger partial charge is 0.241 e. The highest BCUT2D eigenvalue weighted by Crippen LogP contribution is 2.23. The van der Waals surface area contributed by atoms with Crippen LogP contribution in [0.15, 0.2) is 22.7 Å². The number of hydrogen-bond acceptors (Lipinski definition) is 3. The maximum atomic E-state index is 12.3. The van der Waals surface area contributed by atoms with E-state index in [-0.39, 0.29) is 11.9 Å². The highest BCUT2D eigenvalue weighted by molar-refractivity contribution is 9.10. The first-order valence-electron chi connectivity index (χ1n) is 6.59. The van der Waals surface area contributed by atoms with Crippen molar-refractivity contribution in [2.45, 2.75) is 19.9 Å². The van der Waals surface area contributed by atoms with Gasteiger partial charge < -0.3 is 10.6 Å². The molecule has 0 bridgehead atoms. The van der Waals surface area contributed by atoms with Crippen molar-refractivity contribution in [3.8, 4) is 0 Å². The van der Waals surface area contributed by atoms with Crippen LogP contribution in [0.2, 0.25) is 0 Å². The number of nitrogens with zero attached hydrogens (tertiary/aromatic N) is 1. The van der Waals surface area contributed by atoms with Crippen LogP contribution in [0, 0.1) is 6.92 Å². The van der Waals surface area contributed by atoms with Crippen LogP contribution < -0.4 is 10.6 Å². The lowest BCUT2D eigenvalue weighted by atomic mass is 10.2. The fraction of sp³-hybridized carbons (Fsp3) is 0.500. The molecule has 1 unspecified atom stereocenters. The molecule has 1 atom stereocenters. The lowest BCUT2D eigenvalue weighted by Gasteiger charge is -2.31. The molecule has 4 nitrogen and oxygen atoms in total. The number of carbonyl (C=O) groups is 1. The number of anilines is 1. The Kier molecular flexibility index (Phi) is 4.96. The first-order valence-corrected chi connectivity index (χ1v) is 7.39. The molecule has 0 aromatic heterocycles. The third kappa shape index (κ3) is 3.78. The summed E-state index contributed by atoms with van der Waals surface area (Å²) in [6.07, 6.45) is 0. The number of rotatable bonds is 3. The highest BCUT2D eigenvalue weighted by atomic mass is 79.9. The van der Waals surface area contributed by atoms with Crippen LogP contribution >= 0.6 is 15.9 Å². The Balaban J connectivity index is 2.01. The maximum Gasteiger partial charge on any atom is 0.241 e. The molecule has 0 spiro atoms. The van der Waals surface area contributed by atoms with Gasteiger partial charge in [0, 0.05) is 30.7 Å². The summed E-state index contributed by atoms with van der Waals surface area (Å²) >= 11 is 3.47. The van der Waals surface area contributed by atoms with Crippen LogP contribution in [-0.4, -0.2) is 43.0 Å². The molecular weight excluding hydrogens is 306 g/mol. The average Bonchev–Trinajstić information content (AvgIpc) is 2.43. The molecule has 1 aliphatic heterocycles.